The van der Waals surface area contributed by atoms with Crippen molar-refractivity contribution in [3.63, 3.8) is 0 Å². The number of rotatable bonds is 3. The Kier molecular flexibility index (Phi) is 5.05. The van der Waals surface area contributed by atoms with E-state index in [9.17, 15) is 9.90 Å². The molecule has 0 unspecified atom stereocenters. The number of nitrogens with zero attached hydrogens (tertiary/aromatic N) is 1. The van der Waals surface area contributed by atoms with Crippen LogP contribution in [0.1, 0.15) is 44.9 Å². The monoisotopic (exact) mass is 270 g/mol. The number of urea groups is 1. The largest absolute Gasteiger partial charge is 0.388 e. The minimum Gasteiger partial charge on any atom is -0.388 e. The van der Waals surface area contributed by atoms with Crippen LogP contribution in [0.15, 0.2) is 0 Å². The molecule has 0 spiro atoms. The summed E-state index contributed by atoms with van der Waals surface area (Å²) in [4.78, 5) is 13.7. The van der Waals surface area contributed by atoms with Gasteiger partial charge in [-0.1, -0.05) is 19.3 Å². The average molecular weight is 270 g/mol. The zero-order valence-corrected chi connectivity index (χ0v) is 11.9. The van der Waals surface area contributed by atoms with Gasteiger partial charge in [-0.3, -0.25) is 0 Å². The maximum atomic E-state index is 12.1. The van der Waals surface area contributed by atoms with Crippen LogP contribution < -0.4 is 5.32 Å². The second-order valence-electron chi connectivity index (χ2n) is 5.98. The van der Waals surface area contributed by atoms with E-state index in [2.05, 4.69) is 5.32 Å². The molecular weight excluding hydrogens is 244 g/mol. The highest BCUT2D eigenvalue weighted by atomic mass is 16.5. The first kappa shape index (κ1) is 14.6. The molecule has 0 aromatic carbocycles. The van der Waals surface area contributed by atoms with Crippen molar-refractivity contribution < 1.29 is 14.6 Å². The fourth-order valence-corrected chi connectivity index (χ4v) is 2.95. The third-order valence-electron chi connectivity index (χ3n) is 4.23. The molecule has 2 aliphatic rings. The summed E-state index contributed by atoms with van der Waals surface area (Å²) in [6.07, 6.45) is 7.06. The van der Waals surface area contributed by atoms with Crippen LogP contribution in [0.3, 0.4) is 0 Å². The zero-order chi connectivity index (χ0) is 13.7. The predicted molar refractivity (Wildman–Crippen MR) is 73.0 cm³/mol. The predicted octanol–water partition coefficient (Wildman–Crippen LogP) is 1.50. The lowest BCUT2D eigenvalue weighted by Gasteiger charge is -2.36. The summed E-state index contributed by atoms with van der Waals surface area (Å²) < 4.78 is 5.25. The maximum Gasteiger partial charge on any atom is 0.317 e. The van der Waals surface area contributed by atoms with E-state index in [-0.39, 0.29) is 6.03 Å². The molecule has 0 aromatic heterocycles. The van der Waals surface area contributed by atoms with Gasteiger partial charge in [-0.05, 0) is 12.8 Å². The molecule has 1 aliphatic heterocycles. The van der Waals surface area contributed by atoms with E-state index in [0.717, 1.165) is 12.8 Å². The molecule has 19 heavy (non-hydrogen) atoms. The Bertz CT molecular complexity index is 297. The molecule has 0 bridgehead atoms. The van der Waals surface area contributed by atoms with Gasteiger partial charge in [-0.25, -0.2) is 4.79 Å². The van der Waals surface area contributed by atoms with Crippen molar-refractivity contribution in [3.8, 4) is 0 Å². The highest BCUT2D eigenvalue weighted by Gasteiger charge is 2.32. The third kappa shape index (κ3) is 4.35. The van der Waals surface area contributed by atoms with E-state index < -0.39 is 5.60 Å². The number of aliphatic hydroxyl groups is 1. The normalized spacial score (nSPS) is 23.9. The van der Waals surface area contributed by atoms with Gasteiger partial charge in [-0.15, -0.1) is 0 Å². The summed E-state index contributed by atoms with van der Waals surface area (Å²) in [5, 5.41) is 13.5. The van der Waals surface area contributed by atoms with E-state index in [1.165, 1.54) is 19.3 Å². The fourth-order valence-electron chi connectivity index (χ4n) is 2.95. The first-order valence-electron chi connectivity index (χ1n) is 7.41. The second kappa shape index (κ2) is 6.57. The molecule has 1 aliphatic carbocycles. The number of nitrogens with one attached hydrogen (secondary N) is 1. The Balaban J connectivity index is 1.77. The summed E-state index contributed by atoms with van der Waals surface area (Å²) in [7, 11) is 1.76. The van der Waals surface area contributed by atoms with Gasteiger partial charge in [0.15, 0.2) is 0 Å². The van der Waals surface area contributed by atoms with Crippen LogP contribution in [-0.2, 0) is 4.74 Å². The molecule has 2 fully saturated rings. The number of ether oxygens (including phenoxy) is 1. The van der Waals surface area contributed by atoms with Crippen LogP contribution in [-0.4, -0.2) is 54.5 Å². The zero-order valence-electron chi connectivity index (χ0n) is 11.9. The lowest BCUT2D eigenvalue weighted by molar-refractivity contribution is -0.0723. The van der Waals surface area contributed by atoms with E-state index in [0.29, 0.717) is 38.6 Å². The Labute approximate surface area is 115 Å². The Morgan fingerprint density at radius 2 is 1.95 bits per heavy atom. The highest BCUT2D eigenvalue weighted by molar-refractivity contribution is 5.74. The van der Waals surface area contributed by atoms with E-state index in [1.54, 1.807) is 11.9 Å². The number of amides is 2. The number of likely N-dealkylation sites (N-methyl/N-ethyl adjacent to an activating group) is 1. The van der Waals surface area contributed by atoms with Gasteiger partial charge in [0.05, 0.1) is 12.1 Å². The van der Waals surface area contributed by atoms with Crippen molar-refractivity contribution in [1.82, 2.24) is 10.2 Å². The molecule has 2 amide bonds. The molecule has 2 rings (SSSR count). The summed E-state index contributed by atoms with van der Waals surface area (Å²) >= 11 is 0. The Hall–Kier alpha value is -0.810. The molecule has 5 heteroatoms. The Morgan fingerprint density at radius 1 is 1.32 bits per heavy atom. The first-order chi connectivity index (χ1) is 9.09. The van der Waals surface area contributed by atoms with Crippen molar-refractivity contribution in [2.24, 2.45) is 0 Å². The highest BCUT2D eigenvalue weighted by Crippen LogP contribution is 2.22. The van der Waals surface area contributed by atoms with Crippen molar-refractivity contribution >= 4 is 6.03 Å². The maximum absolute atomic E-state index is 12.1. The lowest BCUT2D eigenvalue weighted by atomic mass is 9.94. The average Bonchev–Trinajstić information content (AvgIpc) is 2.40. The quantitative estimate of drug-likeness (QED) is 0.817. The van der Waals surface area contributed by atoms with Crippen molar-refractivity contribution in [2.45, 2.75) is 56.6 Å². The number of carbonyl (C=O) groups is 1. The van der Waals surface area contributed by atoms with Crippen LogP contribution in [0.4, 0.5) is 4.79 Å². The van der Waals surface area contributed by atoms with Gasteiger partial charge >= 0.3 is 6.03 Å². The van der Waals surface area contributed by atoms with E-state index in [4.69, 9.17) is 4.74 Å². The van der Waals surface area contributed by atoms with E-state index in [1.807, 2.05) is 0 Å². The molecule has 0 atom stereocenters. The van der Waals surface area contributed by atoms with Gasteiger partial charge in [0, 0.05) is 39.1 Å². The van der Waals surface area contributed by atoms with Gasteiger partial charge in [0.2, 0.25) is 0 Å². The van der Waals surface area contributed by atoms with Gasteiger partial charge < -0.3 is 20.1 Å². The minimum atomic E-state index is -0.781. The van der Waals surface area contributed by atoms with Crippen LogP contribution in [0.2, 0.25) is 0 Å². The SMILES string of the molecule is CN(CC1(O)CCOCC1)C(=O)NC1CCCCC1. The van der Waals surface area contributed by atoms with Gasteiger partial charge in [-0.2, -0.15) is 0 Å². The van der Waals surface area contributed by atoms with Crippen molar-refractivity contribution in [3.05, 3.63) is 0 Å². The van der Waals surface area contributed by atoms with Gasteiger partial charge in [0.1, 0.15) is 0 Å². The second-order valence-corrected chi connectivity index (χ2v) is 5.98. The standard InChI is InChI=1S/C14H26N2O3/c1-16(11-14(18)7-9-19-10-8-14)13(17)15-12-5-3-2-4-6-12/h12,18H,2-11H2,1H3,(H,15,17). The lowest BCUT2D eigenvalue weighted by Crippen LogP contribution is -2.51. The Morgan fingerprint density at radius 3 is 2.58 bits per heavy atom. The molecule has 0 radical (unpaired) electrons. The molecule has 1 heterocycles. The molecule has 2 N–H and O–H groups in total. The number of carbonyl (C=O) groups excluding carboxylic acids is 1. The van der Waals surface area contributed by atoms with E-state index >= 15 is 0 Å². The smallest absolute Gasteiger partial charge is 0.317 e. The number of hydrogen-bond acceptors (Lipinski definition) is 3. The summed E-state index contributed by atoms with van der Waals surface area (Å²) in [5.41, 5.74) is -0.781. The first-order valence-corrected chi connectivity index (χ1v) is 7.41. The molecular formula is C14H26N2O3. The van der Waals surface area contributed by atoms with Crippen LogP contribution in [0.5, 0.6) is 0 Å². The van der Waals surface area contributed by atoms with Crippen LogP contribution >= 0.6 is 0 Å². The topological polar surface area (TPSA) is 61.8 Å². The number of hydrogen-bond donors (Lipinski definition) is 2. The molecule has 5 nitrogen and oxygen atoms in total. The summed E-state index contributed by atoms with van der Waals surface area (Å²) in [6, 6.07) is 0.250. The molecule has 1 saturated heterocycles. The molecule has 110 valence electrons. The summed E-state index contributed by atoms with van der Waals surface area (Å²) in [5.74, 6) is 0. The molecule has 1 saturated carbocycles. The van der Waals surface area contributed by atoms with Crippen molar-refractivity contribution in [2.75, 3.05) is 26.8 Å². The van der Waals surface area contributed by atoms with Crippen LogP contribution in [0.25, 0.3) is 0 Å². The third-order valence-corrected chi connectivity index (χ3v) is 4.23. The van der Waals surface area contributed by atoms with Crippen LogP contribution in [0, 0.1) is 0 Å². The fraction of sp³-hybridized carbons (Fsp3) is 0.929. The summed E-state index contributed by atoms with van der Waals surface area (Å²) in [6.45, 7) is 1.54. The minimum absolute atomic E-state index is 0.0631. The van der Waals surface area contributed by atoms with Gasteiger partial charge in [0.25, 0.3) is 0 Å². The van der Waals surface area contributed by atoms with Crippen molar-refractivity contribution in [1.29, 1.82) is 0 Å². The molecule has 0 aromatic rings.